The zero-order valence-electron chi connectivity index (χ0n) is 13.0. The number of hydrogen-bond donors (Lipinski definition) is 1. The van der Waals surface area contributed by atoms with Gasteiger partial charge in [0.2, 0.25) is 0 Å². The summed E-state index contributed by atoms with van der Waals surface area (Å²) in [4.78, 5) is 0. The molecule has 1 N–H and O–H groups in total. The first-order chi connectivity index (χ1) is 10.2. The Morgan fingerprint density at radius 2 is 1.81 bits per heavy atom. The van der Waals surface area contributed by atoms with Gasteiger partial charge in [0.05, 0.1) is 6.61 Å². The third-order valence-corrected chi connectivity index (χ3v) is 3.23. The molecule has 0 aromatic heterocycles. The van der Waals surface area contributed by atoms with Gasteiger partial charge in [0.25, 0.3) is 0 Å². The molecule has 0 spiro atoms. The normalized spacial score (nSPS) is 10.6. The molecule has 2 aromatic carbocycles. The van der Waals surface area contributed by atoms with Crippen molar-refractivity contribution in [3.8, 4) is 5.75 Å². The third-order valence-electron chi connectivity index (χ3n) is 3.23. The first kappa shape index (κ1) is 15.4. The fraction of sp³-hybridized carbons (Fsp3) is 0.368. The average molecular weight is 283 g/mol. The molecule has 2 aromatic rings. The van der Waals surface area contributed by atoms with E-state index in [1.54, 1.807) is 0 Å². The molecule has 0 saturated heterocycles. The molecular weight excluding hydrogens is 258 g/mol. The molecule has 0 radical (unpaired) electrons. The average Bonchev–Trinajstić information content (AvgIpc) is 2.51. The molecule has 0 aliphatic heterocycles. The van der Waals surface area contributed by atoms with E-state index in [0.717, 1.165) is 37.4 Å². The Morgan fingerprint density at radius 1 is 1.00 bits per heavy atom. The molecule has 0 heterocycles. The van der Waals surface area contributed by atoms with Crippen LogP contribution in [0.15, 0.2) is 54.6 Å². The summed E-state index contributed by atoms with van der Waals surface area (Å²) in [5.74, 6) is 1.49. The second kappa shape index (κ2) is 8.35. The molecule has 0 unspecified atom stereocenters. The highest BCUT2D eigenvalue weighted by Crippen LogP contribution is 2.18. The van der Waals surface area contributed by atoms with E-state index in [1.807, 2.05) is 12.1 Å². The van der Waals surface area contributed by atoms with E-state index >= 15 is 0 Å². The SMILES string of the molecule is CC(C)COc1cccc(NCCCc2ccccc2)c1. The van der Waals surface area contributed by atoms with Gasteiger partial charge < -0.3 is 10.1 Å². The minimum Gasteiger partial charge on any atom is -0.493 e. The fourth-order valence-electron chi connectivity index (χ4n) is 2.13. The van der Waals surface area contributed by atoms with Crippen LogP contribution in [0.1, 0.15) is 25.8 Å². The maximum atomic E-state index is 5.74. The van der Waals surface area contributed by atoms with Gasteiger partial charge in [-0.3, -0.25) is 0 Å². The van der Waals surface area contributed by atoms with E-state index < -0.39 is 0 Å². The van der Waals surface area contributed by atoms with E-state index in [4.69, 9.17) is 4.74 Å². The van der Waals surface area contributed by atoms with Crippen molar-refractivity contribution in [2.24, 2.45) is 5.92 Å². The number of hydrogen-bond acceptors (Lipinski definition) is 2. The van der Waals surface area contributed by atoms with E-state index in [9.17, 15) is 0 Å². The lowest BCUT2D eigenvalue weighted by atomic mass is 10.1. The number of rotatable bonds is 8. The molecule has 0 saturated carbocycles. The predicted molar refractivity (Wildman–Crippen MR) is 90.0 cm³/mol. The molecule has 0 aliphatic rings. The summed E-state index contributed by atoms with van der Waals surface area (Å²) in [6.45, 7) is 6.05. The molecule has 21 heavy (non-hydrogen) atoms. The second-order valence-electron chi connectivity index (χ2n) is 5.75. The van der Waals surface area contributed by atoms with Gasteiger partial charge in [-0.05, 0) is 36.5 Å². The molecule has 0 fully saturated rings. The Morgan fingerprint density at radius 3 is 2.57 bits per heavy atom. The molecular formula is C19H25NO. The van der Waals surface area contributed by atoms with E-state index in [0.29, 0.717) is 5.92 Å². The summed E-state index contributed by atoms with van der Waals surface area (Å²) in [6, 6.07) is 18.8. The van der Waals surface area contributed by atoms with Crippen molar-refractivity contribution in [3.05, 3.63) is 60.2 Å². The van der Waals surface area contributed by atoms with Gasteiger partial charge in [-0.25, -0.2) is 0 Å². The first-order valence-electron chi connectivity index (χ1n) is 7.74. The zero-order chi connectivity index (χ0) is 14.9. The van der Waals surface area contributed by atoms with Crippen LogP contribution in [0.5, 0.6) is 5.75 Å². The Hall–Kier alpha value is -1.96. The van der Waals surface area contributed by atoms with Gasteiger partial charge >= 0.3 is 0 Å². The van der Waals surface area contributed by atoms with Crippen molar-refractivity contribution in [3.63, 3.8) is 0 Å². The molecule has 2 heteroatoms. The number of nitrogens with one attached hydrogen (secondary N) is 1. The third kappa shape index (κ3) is 5.90. The van der Waals surface area contributed by atoms with Gasteiger partial charge in [0.1, 0.15) is 5.75 Å². The predicted octanol–water partition coefficient (Wildman–Crippen LogP) is 4.77. The van der Waals surface area contributed by atoms with E-state index in [2.05, 4.69) is 61.6 Å². The van der Waals surface area contributed by atoms with Crippen molar-refractivity contribution < 1.29 is 4.74 Å². The van der Waals surface area contributed by atoms with Gasteiger partial charge in [0.15, 0.2) is 0 Å². The topological polar surface area (TPSA) is 21.3 Å². The minimum absolute atomic E-state index is 0.549. The summed E-state index contributed by atoms with van der Waals surface area (Å²) in [6.07, 6.45) is 2.23. The monoisotopic (exact) mass is 283 g/mol. The molecule has 0 aliphatic carbocycles. The Balaban J connectivity index is 1.74. The van der Waals surface area contributed by atoms with Crippen LogP contribution in [0.3, 0.4) is 0 Å². The van der Waals surface area contributed by atoms with Crippen molar-refractivity contribution in [1.82, 2.24) is 0 Å². The smallest absolute Gasteiger partial charge is 0.121 e. The van der Waals surface area contributed by atoms with Crippen LogP contribution < -0.4 is 10.1 Å². The Labute approximate surface area is 128 Å². The Kier molecular flexibility index (Phi) is 6.14. The highest BCUT2D eigenvalue weighted by molar-refractivity contribution is 5.48. The second-order valence-corrected chi connectivity index (χ2v) is 5.75. The largest absolute Gasteiger partial charge is 0.493 e. The van der Waals surface area contributed by atoms with Crippen LogP contribution >= 0.6 is 0 Å². The number of ether oxygens (including phenoxy) is 1. The fourth-order valence-corrected chi connectivity index (χ4v) is 2.13. The van der Waals surface area contributed by atoms with Crippen LogP contribution in [0, 0.1) is 5.92 Å². The van der Waals surface area contributed by atoms with Crippen LogP contribution in [-0.4, -0.2) is 13.2 Å². The summed E-state index contributed by atoms with van der Waals surface area (Å²) in [5, 5.41) is 3.46. The van der Waals surface area contributed by atoms with Crippen LogP contribution in [0.2, 0.25) is 0 Å². The molecule has 0 atom stereocenters. The van der Waals surface area contributed by atoms with Gasteiger partial charge in [-0.1, -0.05) is 50.2 Å². The minimum atomic E-state index is 0.549. The van der Waals surface area contributed by atoms with E-state index in [-0.39, 0.29) is 0 Å². The summed E-state index contributed by atoms with van der Waals surface area (Å²) >= 11 is 0. The van der Waals surface area contributed by atoms with Crippen LogP contribution in [-0.2, 0) is 6.42 Å². The van der Waals surface area contributed by atoms with Gasteiger partial charge in [-0.2, -0.15) is 0 Å². The lowest BCUT2D eigenvalue weighted by Gasteiger charge is -2.11. The van der Waals surface area contributed by atoms with Crippen LogP contribution in [0.4, 0.5) is 5.69 Å². The lowest BCUT2D eigenvalue weighted by molar-refractivity contribution is 0.271. The van der Waals surface area contributed by atoms with Gasteiger partial charge in [-0.15, -0.1) is 0 Å². The first-order valence-corrected chi connectivity index (χ1v) is 7.74. The van der Waals surface area contributed by atoms with E-state index in [1.165, 1.54) is 5.56 Å². The van der Waals surface area contributed by atoms with Crippen molar-refractivity contribution in [2.45, 2.75) is 26.7 Å². The molecule has 2 nitrogen and oxygen atoms in total. The highest BCUT2D eigenvalue weighted by Gasteiger charge is 1.99. The summed E-state index contributed by atoms with van der Waals surface area (Å²) < 4.78 is 5.74. The Bertz CT molecular complexity index is 522. The number of benzene rings is 2. The zero-order valence-corrected chi connectivity index (χ0v) is 13.0. The maximum absolute atomic E-state index is 5.74. The highest BCUT2D eigenvalue weighted by atomic mass is 16.5. The molecule has 0 amide bonds. The number of aryl methyl sites for hydroxylation is 1. The van der Waals surface area contributed by atoms with Crippen molar-refractivity contribution in [2.75, 3.05) is 18.5 Å². The van der Waals surface area contributed by atoms with Crippen molar-refractivity contribution in [1.29, 1.82) is 0 Å². The standard InChI is InChI=1S/C19H25NO/c1-16(2)15-21-19-12-6-11-18(14-19)20-13-7-10-17-8-4-3-5-9-17/h3-6,8-9,11-12,14,16,20H,7,10,13,15H2,1-2H3. The molecule has 112 valence electrons. The maximum Gasteiger partial charge on any atom is 0.121 e. The lowest BCUT2D eigenvalue weighted by Crippen LogP contribution is -2.06. The molecule has 2 rings (SSSR count). The summed E-state index contributed by atoms with van der Waals surface area (Å²) in [5.41, 5.74) is 2.53. The van der Waals surface area contributed by atoms with Gasteiger partial charge in [0, 0.05) is 18.3 Å². The number of anilines is 1. The molecule has 0 bridgehead atoms. The van der Waals surface area contributed by atoms with Crippen molar-refractivity contribution >= 4 is 5.69 Å². The summed E-state index contributed by atoms with van der Waals surface area (Å²) in [7, 11) is 0. The quantitative estimate of drug-likeness (QED) is 0.705. The van der Waals surface area contributed by atoms with Crippen LogP contribution in [0.25, 0.3) is 0 Å².